The van der Waals surface area contributed by atoms with Crippen LogP contribution in [-0.4, -0.2) is 82.3 Å². The van der Waals surface area contributed by atoms with Gasteiger partial charge in [0.25, 0.3) is 0 Å². The maximum Gasteiger partial charge on any atom is 0.306 e. The van der Waals surface area contributed by atoms with Gasteiger partial charge in [0.15, 0.2) is 12.4 Å². The number of unbranched alkanes of at least 4 members (excludes halogenated alkanes) is 47. The monoisotopic (exact) mass is 1090 g/mol. The number of carboxylic acid groups (broad SMARTS) is 1. The number of nitrogens with zero attached hydrogens (tertiary/aromatic N) is 1. The third-order valence-electron chi connectivity index (χ3n) is 15.5. The van der Waals surface area contributed by atoms with E-state index < -0.39 is 24.3 Å². The Morgan fingerprint density at radius 2 is 0.662 bits per heavy atom. The van der Waals surface area contributed by atoms with Gasteiger partial charge in [0.1, 0.15) is 13.2 Å². The van der Waals surface area contributed by atoms with E-state index >= 15 is 0 Å². The Balaban J connectivity index is 3.99. The number of esters is 2. The van der Waals surface area contributed by atoms with Gasteiger partial charge >= 0.3 is 11.9 Å². The molecule has 0 aliphatic heterocycles. The Hall–Kier alpha value is -1.97. The van der Waals surface area contributed by atoms with Crippen molar-refractivity contribution >= 4 is 17.9 Å². The number of hydrogen-bond acceptors (Lipinski definition) is 8. The predicted molar refractivity (Wildman–Crippen MR) is 325 cm³/mol. The van der Waals surface area contributed by atoms with Gasteiger partial charge in [-0.15, -0.1) is 0 Å². The highest BCUT2D eigenvalue weighted by Gasteiger charge is 2.22. The number of rotatable bonds is 64. The molecule has 9 nitrogen and oxygen atoms in total. The minimum absolute atomic E-state index is 0.153. The van der Waals surface area contributed by atoms with Crippen molar-refractivity contribution in [2.75, 3.05) is 47.5 Å². The summed E-state index contributed by atoms with van der Waals surface area (Å²) in [5.74, 6) is -2.25. The summed E-state index contributed by atoms with van der Waals surface area (Å²) in [5.41, 5.74) is 0. The zero-order valence-corrected chi connectivity index (χ0v) is 52.1. The Bertz CT molecular complexity index is 1270. The Kier molecular flexibility index (Phi) is 58.6. The van der Waals surface area contributed by atoms with Crippen LogP contribution in [0.3, 0.4) is 0 Å². The average Bonchev–Trinajstić information content (AvgIpc) is 3.40. The molecule has 2 atom stereocenters. The smallest absolute Gasteiger partial charge is 0.306 e. The van der Waals surface area contributed by atoms with Gasteiger partial charge in [-0.05, 0) is 38.5 Å². The molecule has 77 heavy (non-hydrogen) atoms. The molecule has 0 aromatic carbocycles. The summed E-state index contributed by atoms with van der Waals surface area (Å²) in [7, 11) is 5.94. The number of carbonyl (C=O) groups excluding carboxylic acids is 3. The number of quaternary nitrogens is 1. The molecule has 0 N–H and O–H groups in total. The van der Waals surface area contributed by atoms with Gasteiger partial charge < -0.3 is 33.3 Å². The van der Waals surface area contributed by atoms with Gasteiger partial charge in [-0.3, -0.25) is 9.59 Å². The molecule has 0 saturated carbocycles. The van der Waals surface area contributed by atoms with Crippen LogP contribution in [0, 0.1) is 0 Å². The molecule has 0 bridgehead atoms. The first kappa shape index (κ1) is 75.0. The standard InChI is InChI=1S/C68H131NO8/c1-6-8-10-12-14-16-18-20-22-24-25-26-27-28-29-30-31-32-33-34-35-36-37-38-39-40-41-43-45-47-49-51-53-55-57-59-66(71)77-64(63-76-68(67(72)73)74-61-60-69(3,4)5)62-75-65(70)58-56-54-52-50-48-46-44-42-23-21-19-17-15-13-11-9-7-2/h24-25,64,68H,6-23,26-63H2,1-5H3/b25-24-. The molecule has 0 saturated heterocycles. The molecule has 0 heterocycles. The number of ether oxygens (including phenoxy) is 4. The van der Waals surface area contributed by atoms with Crippen LogP contribution in [0.2, 0.25) is 0 Å². The molecule has 0 aliphatic carbocycles. The molecule has 0 spiro atoms. The molecular formula is C68H131NO8. The number of allylic oxidation sites excluding steroid dienone is 2. The van der Waals surface area contributed by atoms with Crippen LogP contribution in [0.4, 0.5) is 0 Å². The van der Waals surface area contributed by atoms with E-state index in [1.807, 2.05) is 21.1 Å². The zero-order chi connectivity index (χ0) is 56.2. The van der Waals surface area contributed by atoms with Gasteiger partial charge in [-0.25, -0.2) is 0 Å². The molecule has 0 aromatic rings. The third-order valence-corrected chi connectivity index (χ3v) is 15.5. The normalized spacial score (nSPS) is 12.7. The van der Waals surface area contributed by atoms with E-state index in [1.54, 1.807) is 0 Å². The van der Waals surface area contributed by atoms with E-state index in [0.717, 1.165) is 38.5 Å². The minimum Gasteiger partial charge on any atom is -0.545 e. The summed E-state index contributed by atoms with van der Waals surface area (Å²) in [5, 5.41) is 11.8. The summed E-state index contributed by atoms with van der Waals surface area (Å²) in [6.45, 7) is 4.82. The first-order chi connectivity index (χ1) is 37.6. The van der Waals surface area contributed by atoms with Gasteiger partial charge in [-0.1, -0.05) is 309 Å². The zero-order valence-electron chi connectivity index (χ0n) is 52.1. The highest BCUT2D eigenvalue weighted by Crippen LogP contribution is 2.19. The lowest BCUT2D eigenvalue weighted by Gasteiger charge is -2.26. The molecule has 0 aliphatic rings. The highest BCUT2D eigenvalue weighted by atomic mass is 16.7. The second-order valence-corrected chi connectivity index (χ2v) is 24.5. The minimum atomic E-state index is -1.62. The van der Waals surface area contributed by atoms with Gasteiger partial charge in [-0.2, -0.15) is 0 Å². The van der Waals surface area contributed by atoms with Crippen molar-refractivity contribution in [2.45, 2.75) is 360 Å². The molecule has 9 heteroatoms. The molecule has 0 aromatic heterocycles. The van der Waals surface area contributed by atoms with Crippen molar-refractivity contribution in [2.24, 2.45) is 0 Å². The van der Waals surface area contributed by atoms with E-state index in [1.165, 1.54) is 283 Å². The van der Waals surface area contributed by atoms with Crippen LogP contribution in [0.15, 0.2) is 12.2 Å². The van der Waals surface area contributed by atoms with Crippen LogP contribution in [0.25, 0.3) is 0 Å². The van der Waals surface area contributed by atoms with E-state index in [0.29, 0.717) is 17.4 Å². The van der Waals surface area contributed by atoms with Gasteiger partial charge in [0.05, 0.1) is 40.3 Å². The van der Waals surface area contributed by atoms with E-state index in [4.69, 9.17) is 18.9 Å². The van der Waals surface area contributed by atoms with Crippen LogP contribution in [0.1, 0.15) is 348 Å². The first-order valence-electron chi connectivity index (χ1n) is 33.8. The van der Waals surface area contributed by atoms with Crippen molar-refractivity contribution in [1.29, 1.82) is 0 Å². The largest absolute Gasteiger partial charge is 0.545 e. The summed E-state index contributed by atoms with van der Waals surface area (Å²) in [6.07, 6.45) is 68.7. The third kappa shape index (κ3) is 61.5. The molecule has 456 valence electrons. The average molecular weight is 1090 g/mol. The predicted octanol–water partition coefficient (Wildman–Crippen LogP) is 19.1. The fourth-order valence-corrected chi connectivity index (χ4v) is 10.3. The van der Waals surface area contributed by atoms with Crippen LogP contribution < -0.4 is 5.11 Å². The van der Waals surface area contributed by atoms with E-state index in [-0.39, 0.29) is 32.2 Å². The highest BCUT2D eigenvalue weighted by molar-refractivity contribution is 5.70. The van der Waals surface area contributed by atoms with Crippen LogP contribution in [-0.2, 0) is 33.3 Å². The SMILES string of the molecule is CCCCCCCCCC/C=C\CCCCCCCCCCCCCCCCCCCCCCCCCC(=O)OC(COC(=O)CCCCCCCCCCCCCCCCCCC)COC(OCC[N+](C)(C)C)C(=O)[O-]. The van der Waals surface area contributed by atoms with E-state index in [2.05, 4.69) is 26.0 Å². The van der Waals surface area contributed by atoms with Crippen molar-refractivity contribution in [3.8, 4) is 0 Å². The Morgan fingerprint density at radius 1 is 0.377 bits per heavy atom. The van der Waals surface area contributed by atoms with Crippen molar-refractivity contribution in [3.05, 3.63) is 12.2 Å². The fraction of sp³-hybridized carbons (Fsp3) is 0.926. The molecule has 2 unspecified atom stereocenters. The topological polar surface area (TPSA) is 111 Å². The van der Waals surface area contributed by atoms with Crippen molar-refractivity contribution in [3.63, 3.8) is 0 Å². The van der Waals surface area contributed by atoms with Crippen LogP contribution in [0.5, 0.6) is 0 Å². The lowest BCUT2D eigenvalue weighted by Crippen LogP contribution is -2.44. The molecule has 0 amide bonds. The lowest BCUT2D eigenvalue weighted by molar-refractivity contribution is -0.870. The summed E-state index contributed by atoms with van der Waals surface area (Å²) < 4.78 is 22.8. The number of aliphatic carboxylic acids is 1. The fourth-order valence-electron chi connectivity index (χ4n) is 10.3. The molecule has 0 rings (SSSR count). The Morgan fingerprint density at radius 3 is 0.961 bits per heavy atom. The van der Waals surface area contributed by atoms with Crippen molar-refractivity contribution in [1.82, 2.24) is 0 Å². The first-order valence-corrected chi connectivity index (χ1v) is 33.8. The molecule has 0 radical (unpaired) electrons. The molecule has 0 fully saturated rings. The number of likely N-dealkylation sites (N-methyl/N-ethyl adjacent to an activating group) is 1. The maximum atomic E-state index is 12.9. The number of carboxylic acids is 1. The lowest BCUT2D eigenvalue weighted by atomic mass is 10.0. The quantitative estimate of drug-likeness (QED) is 0.0195. The Labute approximate surface area is 478 Å². The maximum absolute atomic E-state index is 12.9. The van der Waals surface area contributed by atoms with Crippen LogP contribution >= 0.6 is 0 Å². The number of hydrogen-bond donors (Lipinski definition) is 0. The van der Waals surface area contributed by atoms with E-state index in [9.17, 15) is 19.5 Å². The second kappa shape index (κ2) is 60.1. The summed E-state index contributed by atoms with van der Waals surface area (Å²) in [6, 6.07) is 0. The summed E-state index contributed by atoms with van der Waals surface area (Å²) in [4.78, 5) is 37.4. The van der Waals surface area contributed by atoms with Gasteiger partial charge in [0, 0.05) is 12.8 Å². The van der Waals surface area contributed by atoms with Crippen molar-refractivity contribution < 1.29 is 42.9 Å². The molecular weight excluding hydrogens is 959 g/mol. The summed E-state index contributed by atoms with van der Waals surface area (Å²) >= 11 is 0. The van der Waals surface area contributed by atoms with Gasteiger partial charge in [0.2, 0.25) is 0 Å². The number of carbonyl (C=O) groups is 3. The second-order valence-electron chi connectivity index (χ2n) is 24.5.